The van der Waals surface area contributed by atoms with Crippen LogP contribution < -0.4 is 14.8 Å². The topological polar surface area (TPSA) is 65.4 Å². The molecule has 6 nitrogen and oxygen atoms in total. The highest BCUT2D eigenvalue weighted by Crippen LogP contribution is 2.31. The maximum Gasteiger partial charge on any atom is 0.237 e. The smallest absolute Gasteiger partial charge is 0.237 e. The van der Waals surface area contributed by atoms with Gasteiger partial charge in [0.15, 0.2) is 16.7 Å². The molecule has 1 unspecified atom stereocenters. The Hall–Kier alpha value is -3.00. The maximum atomic E-state index is 13.5. The number of aromatic nitrogens is 2. The van der Waals surface area contributed by atoms with Crippen molar-refractivity contribution >= 4 is 23.4 Å². The lowest BCUT2D eigenvalue weighted by atomic mass is 10.2. The van der Waals surface area contributed by atoms with Gasteiger partial charge in [0.2, 0.25) is 5.91 Å². The largest absolute Gasteiger partial charge is 0.493 e. The Balaban J connectivity index is 1.71. The van der Waals surface area contributed by atoms with E-state index in [0.29, 0.717) is 28.0 Å². The first-order chi connectivity index (χ1) is 13.5. The third kappa shape index (κ3) is 4.45. The van der Waals surface area contributed by atoms with Crippen LogP contribution in [0.2, 0.25) is 0 Å². The van der Waals surface area contributed by atoms with Crippen molar-refractivity contribution in [2.75, 3.05) is 19.5 Å². The molecule has 3 rings (SSSR count). The molecule has 1 aromatic heterocycles. The number of methoxy groups -OCH3 is 2. The van der Waals surface area contributed by atoms with E-state index in [0.717, 1.165) is 0 Å². The first-order valence-corrected chi connectivity index (χ1v) is 9.38. The van der Waals surface area contributed by atoms with E-state index in [1.165, 1.54) is 31.0 Å². The highest BCUT2D eigenvalue weighted by atomic mass is 32.2. The molecule has 0 aliphatic carbocycles. The minimum absolute atomic E-state index is 0.189. The number of hydrogen-bond donors (Lipinski definition) is 1. The molecule has 0 aliphatic rings. The first-order valence-electron chi connectivity index (χ1n) is 8.50. The molecule has 1 atom stereocenters. The minimum Gasteiger partial charge on any atom is -0.493 e. The van der Waals surface area contributed by atoms with E-state index in [9.17, 15) is 9.18 Å². The van der Waals surface area contributed by atoms with Crippen LogP contribution in [-0.2, 0) is 4.79 Å². The highest BCUT2D eigenvalue weighted by molar-refractivity contribution is 8.00. The van der Waals surface area contributed by atoms with Crippen molar-refractivity contribution in [1.82, 2.24) is 9.55 Å². The molecule has 1 N–H and O–H groups in total. The summed E-state index contributed by atoms with van der Waals surface area (Å²) in [5.41, 5.74) is 1.25. The molecule has 0 spiro atoms. The Kier molecular flexibility index (Phi) is 6.20. The van der Waals surface area contributed by atoms with Gasteiger partial charge in [0.25, 0.3) is 0 Å². The Bertz CT molecular complexity index is 977. The zero-order valence-electron chi connectivity index (χ0n) is 15.7. The molecular formula is C20H20FN3O3S. The van der Waals surface area contributed by atoms with Gasteiger partial charge in [-0.15, -0.1) is 0 Å². The van der Waals surface area contributed by atoms with Crippen LogP contribution in [-0.4, -0.2) is 34.9 Å². The van der Waals surface area contributed by atoms with E-state index in [1.54, 1.807) is 61.3 Å². The first kappa shape index (κ1) is 19.8. The number of imidazole rings is 1. The zero-order valence-corrected chi connectivity index (χ0v) is 16.5. The van der Waals surface area contributed by atoms with E-state index in [2.05, 4.69) is 10.3 Å². The summed E-state index contributed by atoms with van der Waals surface area (Å²) in [6.07, 6.45) is 3.35. The van der Waals surface area contributed by atoms with Gasteiger partial charge >= 0.3 is 0 Å². The molecule has 1 amide bonds. The van der Waals surface area contributed by atoms with Gasteiger partial charge in [-0.05, 0) is 37.3 Å². The van der Waals surface area contributed by atoms with Crippen LogP contribution in [0.25, 0.3) is 5.69 Å². The number of halogens is 1. The lowest BCUT2D eigenvalue weighted by Gasteiger charge is -2.14. The average Bonchev–Trinajstić information content (AvgIpc) is 3.15. The van der Waals surface area contributed by atoms with Gasteiger partial charge in [-0.2, -0.15) is 0 Å². The standard InChI is InChI=1S/C20H20FN3O3S/c1-13(19(25)23-15-7-8-17(26-2)18(12-15)27-3)28-20-22-9-10-24(20)16-6-4-5-14(21)11-16/h4-13H,1-3H3,(H,23,25). The number of nitrogens with zero attached hydrogens (tertiary/aromatic N) is 2. The molecule has 146 valence electrons. The number of nitrogens with one attached hydrogen (secondary N) is 1. The summed E-state index contributed by atoms with van der Waals surface area (Å²) < 4.78 is 25.7. The average molecular weight is 401 g/mol. The molecule has 0 saturated heterocycles. The van der Waals surface area contributed by atoms with Crippen LogP contribution in [0.1, 0.15) is 6.92 Å². The third-order valence-corrected chi connectivity index (χ3v) is 5.08. The predicted octanol–water partition coefficient (Wildman–Crippen LogP) is 4.15. The number of ether oxygens (including phenoxy) is 2. The van der Waals surface area contributed by atoms with Gasteiger partial charge in [-0.25, -0.2) is 9.37 Å². The highest BCUT2D eigenvalue weighted by Gasteiger charge is 2.19. The van der Waals surface area contributed by atoms with Crippen LogP contribution in [0.3, 0.4) is 0 Å². The lowest BCUT2D eigenvalue weighted by molar-refractivity contribution is -0.115. The number of hydrogen-bond acceptors (Lipinski definition) is 5. The fourth-order valence-electron chi connectivity index (χ4n) is 2.57. The predicted molar refractivity (Wildman–Crippen MR) is 107 cm³/mol. The molecule has 28 heavy (non-hydrogen) atoms. The van der Waals surface area contributed by atoms with Gasteiger partial charge < -0.3 is 14.8 Å². The van der Waals surface area contributed by atoms with E-state index in [4.69, 9.17) is 9.47 Å². The summed E-state index contributed by atoms with van der Waals surface area (Å²) in [4.78, 5) is 16.9. The van der Waals surface area contributed by atoms with Gasteiger partial charge in [0.1, 0.15) is 5.82 Å². The number of carbonyl (C=O) groups excluding carboxylic acids is 1. The Morgan fingerprint density at radius 2 is 1.96 bits per heavy atom. The van der Waals surface area contributed by atoms with Crippen molar-refractivity contribution < 1.29 is 18.7 Å². The maximum absolute atomic E-state index is 13.5. The molecule has 0 fully saturated rings. The molecule has 0 radical (unpaired) electrons. The lowest BCUT2D eigenvalue weighted by Crippen LogP contribution is -2.22. The van der Waals surface area contributed by atoms with E-state index < -0.39 is 5.25 Å². The number of anilines is 1. The van der Waals surface area contributed by atoms with Gasteiger partial charge in [0.05, 0.1) is 25.2 Å². The molecule has 1 heterocycles. The molecule has 0 saturated carbocycles. The summed E-state index contributed by atoms with van der Waals surface area (Å²) in [7, 11) is 3.09. The summed E-state index contributed by atoms with van der Waals surface area (Å²) in [5, 5.41) is 3.03. The van der Waals surface area contributed by atoms with Crippen molar-refractivity contribution in [1.29, 1.82) is 0 Å². The Labute approximate surface area is 166 Å². The molecule has 2 aromatic carbocycles. The van der Waals surface area contributed by atoms with Crippen LogP contribution in [0.15, 0.2) is 60.0 Å². The minimum atomic E-state index is -0.428. The fraction of sp³-hybridized carbons (Fsp3) is 0.200. The summed E-state index contributed by atoms with van der Waals surface area (Å²) in [5.74, 6) is 0.592. The monoisotopic (exact) mass is 401 g/mol. The van der Waals surface area contributed by atoms with E-state index >= 15 is 0 Å². The summed E-state index contributed by atoms with van der Waals surface area (Å²) in [6.45, 7) is 1.78. The van der Waals surface area contributed by atoms with Crippen molar-refractivity contribution in [3.8, 4) is 17.2 Å². The van der Waals surface area contributed by atoms with Crippen molar-refractivity contribution in [2.45, 2.75) is 17.3 Å². The van der Waals surface area contributed by atoms with Gasteiger partial charge in [-0.3, -0.25) is 9.36 Å². The van der Waals surface area contributed by atoms with E-state index in [1.807, 2.05) is 0 Å². The number of carbonyl (C=O) groups is 1. The quantitative estimate of drug-likeness (QED) is 0.603. The van der Waals surface area contributed by atoms with Crippen LogP contribution in [0.5, 0.6) is 11.5 Å². The number of rotatable bonds is 7. The Morgan fingerprint density at radius 1 is 1.18 bits per heavy atom. The molecular weight excluding hydrogens is 381 g/mol. The molecule has 0 aliphatic heterocycles. The van der Waals surface area contributed by atoms with Crippen LogP contribution in [0.4, 0.5) is 10.1 Å². The fourth-order valence-corrected chi connectivity index (χ4v) is 3.45. The Morgan fingerprint density at radius 3 is 2.68 bits per heavy atom. The summed E-state index contributed by atoms with van der Waals surface area (Å²) in [6, 6.07) is 11.4. The summed E-state index contributed by atoms with van der Waals surface area (Å²) >= 11 is 1.28. The normalized spacial score (nSPS) is 11.7. The number of benzene rings is 2. The van der Waals surface area contributed by atoms with Crippen LogP contribution >= 0.6 is 11.8 Å². The second-order valence-electron chi connectivity index (χ2n) is 5.88. The van der Waals surface area contributed by atoms with E-state index in [-0.39, 0.29) is 11.7 Å². The second-order valence-corrected chi connectivity index (χ2v) is 7.19. The van der Waals surface area contributed by atoms with Crippen molar-refractivity contribution in [3.63, 3.8) is 0 Å². The van der Waals surface area contributed by atoms with Crippen molar-refractivity contribution in [3.05, 3.63) is 60.7 Å². The van der Waals surface area contributed by atoms with Crippen molar-refractivity contribution in [2.24, 2.45) is 0 Å². The van der Waals surface area contributed by atoms with Crippen LogP contribution in [0, 0.1) is 5.82 Å². The van der Waals surface area contributed by atoms with Gasteiger partial charge in [-0.1, -0.05) is 17.8 Å². The number of thioether (sulfide) groups is 1. The van der Waals surface area contributed by atoms with Gasteiger partial charge in [0, 0.05) is 24.1 Å². The third-order valence-electron chi connectivity index (χ3n) is 4.00. The zero-order chi connectivity index (χ0) is 20.1. The SMILES string of the molecule is COc1ccc(NC(=O)C(C)Sc2nccn2-c2cccc(F)c2)cc1OC. The molecule has 3 aromatic rings. The second kappa shape index (κ2) is 8.79. The number of amides is 1. The molecule has 0 bridgehead atoms. The molecule has 8 heteroatoms.